The van der Waals surface area contributed by atoms with Gasteiger partial charge in [0.25, 0.3) is 6.47 Å². The quantitative estimate of drug-likeness (QED) is 0.580. The fourth-order valence-corrected chi connectivity index (χ4v) is 5.86. The van der Waals surface area contributed by atoms with E-state index in [2.05, 4.69) is 9.88 Å². The molecule has 9 nitrogen and oxygen atoms in total. The van der Waals surface area contributed by atoms with E-state index in [1.54, 1.807) is 12.5 Å². The fourth-order valence-electron chi connectivity index (χ4n) is 5.86. The van der Waals surface area contributed by atoms with E-state index in [9.17, 15) is 9.59 Å². The van der Waals surface area contributed by atoms with E-state index in [-0.39, 0.29) is 24.1 Å². The molecule has 0 bridgehead atoms. The van der Waals surface area contributed by atoms with E-state index < -0.39 is 5.41 Å². The van der Waals surface area contributed by atoms with Gasteiger partial charge in [-0.3, -0.25) is 19.3 Å². The zero-order valence-electron chi connectivity index (χ0n) is 17.2. The number of carboxylic acid groups (broad SMARTS) is 1. The van der Waals surface area contributed by atoms with Gasteiger partial charge in [0.15, 0.2) is 0 Å². The summed E-state index contributed by atoms with van der Waals surface area (Å²) in [5.74, 6) is 0.245. The summed E-state index contributed by atoms with van der Waals surface area (Å²) >= 11 is 0. The number of imidazole rings is 1. The Hall–Kier alpha value is -2.42. The Bertz CT molecular complexity index is 762. The first kappa shape index (κ1) is 20.8. The molecule has 1 aromatic heterocycles. The number of cyclic esters (lactones) is 1. The highest BCUT2D eigenvalue weighted by Gasteiger charge is 2.55. The van der Waals surface area contributed by atoms with Gasteiger partial charge in [0.2, 0.25) is 5.91 Å². The van der Waals surface area contributed by atoms with Gasteiger partial charge < -0.3 is 19.3 Å². The second kappa shape index (κ2) is 8.37. The van der Waals surface area contributed by atoms with Crippen molar-refractivity contribution >= 4 is 18.3 Å². The van der Waals surface area contributed by atoms with E-state index in [1.807, 2.05) is 15.7 Å². The first-order chi connectivity index (χ1) is 14.5. The van der Waals surface area contributed by atoms with Crippen molar-refractivity contribution in [3.05, 3.63) is 18.7 Å². The van der Waals surface area contributed by atoms with Gasteiger partial charge in [0.1, 0.15) is 11.6 Å². The van der Waals surface area contributed by atoms with Crippen molar-refractivity contribution in [2.45, 2.75) is 63.1 Å². The summed E-state index contributed by atoms with van der Waals surface area (Å²) in [5.41, 5.74) is -0.630. The molecular formula is C21H30N4O5. The normalized spacial score (nSPS) is 26.7. The highest BCUT2D eigenvalue weighted by Crippen LogP contribution is 2.45. The first-order valence-corrected chi connectivity index (χ1v) is 10.8. The van der Waals surface area contributed by atoms with Gasteiger partial charge in [-0.05, 0) is 51.6 Å². The molecule has 5 rings (SSSR count). The van der Waals surface area contributed by atoms with Gasteiger partial charge in [-0.25, -0.2) is 4.98 Å². The topological polar surface area (TPSA) is 105 Å². The number of aromatic nitrogens is 2. The molecule has 0 radical (unpaired) electrons. The van der Waals surface area contributed by atoms with Crippen molar-refractivity contribution < 1.29 is 24.2 Å². The number of fused-ring (bicyclic) bond motifs is 1. The molecule has 4 aliphatic heterocycles. The van der Waals surface area contributed by atoms with Crippen molar-refractivity contribution in [3.63, 3.8) is 0 Å². The number of rotatable bonds is 3. The highest BCUT2D eigenvalue weighted by molar-refractivity contribution is 5.88. The molecule has 9 heteroatoms. The van der Waals surface area contributed by atoms with Crippen molar-refractivity contribution in [2.24, 2.45) is 5.41 Å². The molecule has 1 aromatic rings. The zero-order valence-corrected chi connectivity index (χ0v) is 17.2. The molecule has 4 saturated heterocycles. The minimum atomic E-state index is -0.398. The second-order valence-electron chi connectivity index (χ2n) is 8.89. The van der Waals surface area contributed by atoms with Gasteiger partial charge in [0, 0.05) is 31.9 Å². The summed E-state index contributed by atoms with van der Waals surface area (Å²) in [7, 11) is 0. The fraction of sp³-hybridized carbons (Fsp3) is 0.714. The van der Waals surface area contributed by atoms with Crippen molar-refractivity contribution in [2.75, 3.05) is 26.2 Å². The van der Waals surface area contributed by atoms with Crippen LogP contribution in [0.2, 0.25) is 0 Å². The Kier molecular flexibility index (Phi) is 5.81. The number of hydrogen-bond acceptors (Lipinski definition) is 6. The van der Waals surface area contributed by atoms with E-state index in [1.165, 1.54) is 0 Å². The monoisotopic (exact) mass is 418 g/mol. The number of piperidine rings is 1. The van der Waals surface area contributed by atoms with Crippen LogP contribution < -0.4 is 0 Å². The predicted molar refractivity (Wildman–Crippen MR) is 106 cm³/mol. The molecule has 1 unspecified atom stereocenters. The average Bonchev–Trinajstić information content (AvgIpc) is 3.49. The largest absolute Gasteiger partial charge is 0.483 e. The third-order valence-corrected chi connectivity index (χ3v) is 7.35. The number of carbonyl (C=O) groups is 3. The molecule has 1 N–H and O–H groups in total. The van der Waals surface area contributed by atoms with E-state index >= 15 is 0 Å². The minimum absolute atomic E-state index is 0.0683. The van der Waals surface area contributed by atoms with Crippen molar-refractivity contribution in [1.29, 1.82) is 0 Å². The maximum absolute atomic E-state index is 13.3. The minimum Gasteiger partial charge on any atom is -0.483 e. The lowest BCUT2D eigenvalue weighted by Gasteiger charge is -2.41. The van der Waals surface area contributed by atoms with Crippen LogP contribution in [0.15, 0.2) is 18.7 Å². The first-order valence-electron chi connectivity index (χ1n) is 10.8. The van der Waals surface area contributed by atoms with Crippen molar-refractivity contribution in [1.82, 2.24) is 19.4 Å². The molecule has 1 atom stereocenters. The number of nitrogens with zero attached hydrogens (tertiary/aromatic N) is 4. The van der Waals surface area contributed by atoms with E-state index in [0.29, 0.717) is 25.5 Å². The Morgan fingerprint density at radius 1 is 1.20 bits per heavy atom. The lowest BCUT2D eigenvalue weighted by Crippen LogP contribution is -2.56. The van der Waals surface area contributed by atoms with E-state index in [4.69, 9.17) is 14.6 Å². The molecule has 4 fully saturated rings. The summed E-state index contributed by atoms with van der Waals surface area (Å²) in [4.78, 5) is 42.8. The number of amides is 1. The third kappa shape index (κ3) is 3.59. The molecule has 1 spiro atoms. The molecule has 1 amide bonds. The smallest absolute Gasteiger partial charge is 0.312 e. The molecule has 0 saturated carbocycles. The molecule has 4 aliphatic rings. The maximum Gasteiger partial charge on any atom is 0.312 e. The summed E-state index contributed by atoms with van der Waals surface area (Å²) in [5, 5.41) is 6.89. The van der Waals surface area contributed by atoms with E-state index in [0.717, 1.165) is 58.0 Å². The molecule has 0 aromatic carbocycles. The lowest BCUT2D eigenvalue weighted by molar-refractivity contribution is -0.154. The molecule has 164 valence electrons. The second-order valence-corrected chi connectivity index (χ2v) is 8.89. The zero-order chi connectivity index (χ0) is 21.2. The Balaban J connectivity index is 0.000000687. The molecule has 5 heterocycles. The Morgan fingerprint density at radius 3 is 2.47 bits per heavy atom. The number of esters is 1. The summed E-state index contributed by atoms with van der Waals surface area (Å²) in [6.45, 7) is 3.90. The number of hydrogen-bond donors (Lipinski definition) is 1. The van der Waals surface area contributed by atoms with Gasteiger partial charge in [-0.1, -0.05) is 0 Å². The molecular weight excluding hydrogens is 388 g/mol. The maximum atomic E-state index is 13.3. The standard InChI is InChI=1S/C20H28N4O3.CH2O2/c25-17(20-3-1-8-24(20)9-2-4-20)23-10-5-19(6-11-23)13-16(27-18(19)26)14-22-12-7-21-15-22;2-1-3/h7,12,15-16H,1-6,8-11,13-14H2;1H,(H,2,3). The van der Waals surface area contributed by atoms with Crippen LogP contribution in [0.1, 0.15) is 44.9 Å². The summed E-state index contributed by atoms with van der Waals surface area (Å²) in [6.07, 6.45) is 11.8. The number of carbonyl (C=O) groups excluding carboxylic acids is 2. The predicted octanol–water partition coefficient (Wildman–Crippen LogP) is 1.14. The van der Waals surface area contributed by atoms with Crippen LogP contribution in [-0.2, 0) is 25.7 Å². The van der Waals surface area contributed by atoms with Crippen molar-refractivity contribution in [3.8, 4) is 0 Å². The molecule has 0 aliphatic carbocycles. The molecule has 30 heavy (non-hydrogen) atoms. The van der Waals surface area contributed by atoms with Crippen LogP contribution in [-0.4, -0.2) is 80.6 Å². The third-order valence-electron chi connectivity index (χ3n) is 7.35. The van der Waals surface area contributed by atoms with Crippen LogP contribution >= 0.6 is 0 Å². The average molecular weight is 418 g/mol. The van der Waals surface area contributed by atoms with Crippen LogP contribution in [0.4, 0.5) is 0 Å². The van der Waals surface area contributed by atoms with Crippen LogP contribution in [0.5, 0.6) is 0 Å². The van der Waals surface area contributed by atoms with Crippen LogP contribution in [0, 0.1) is 5.41 Å². The number of ether oxygens (including phenoxy) is 1. The Morgan fingerprint density at radius 2 is 1.87 bits per heavy atom. The van der Waals surface area contributed by atoms with Crippen LogP contribution in [0.25, 0.3) is 0 Å². The Labute approximate surface area is 176 Å². The van der Waals surface area contributed by atoms with Gasteiger partial charge in [0.05, 0.1) is 18.3 Å². The lowest BCUT2D eigenvalue weighted by atomic mass is 9.75. The SMILES string of the molecule is O=C1OC(Cn2ccnc2)CC12CCN(C(=O)C13CCCN1CCC3)CC2.O=CO. The van der Waals surface area contributed by atoms with Gasteiger partial charge >= 0.3 is 5.97 Å². The van der Waals surface area contributed by atoms with Gasteiger partial charge in [-0.2, -0.15) is 0 Å². The highest BCUT2D eigenvalue weighted by atomic mass is 16.6. The summed E-state index contributed by atoms with van der Waals surface area (Å²) in [6, 6.07) is 0. The van der Waals surface area contributed by atoms with Crippen LogP contribution in [0.3, 0.4) is 0 Å². The number of likely N-dealkylation sites (tertiary alicyclic amines) is 1. The summed E-state index contributed by atoms with van der Waals surface area (Å²) < 4.78 is 7.65. The van der Waals surface area contributed by atoms with Gasteiger partial charge in [-0.15, -0.1) is 0 Å².